The number of hydrogen-bond donors (Lipinski definition) is 0. The average Bonchev–Trinajstić information content (AvgIpc) is 3.18. The minimum atomic E-state index is -0.493. The van der Waals surface area contributed by atoms with Gasteiger partial charge in [0.1, 0.15) is 6.04 Å². The zero-order chi connectivity index (χ0) is 17.2. The normalized spacial score (nSPS) is 26.9. The first kappa shape index (κ1) is 16.8. The SMILES string of the molecule is O=CC(=O)C1c2ccccc2CN1C1=NC(C2CCCCCC2)CS1. The number of carbonyl (C=O) groups is 2. The van der Waals surface area contributed by atoms with E-state index in [9.17, 15) is 9.59 Å². The lowest BCUT2D eigenvalue weighted by Crippen LogP contribution is -2.32. The predicted molar refractivity (Wildman–Crippen MR) is 101 cm³/mol. The quantitative estimate of drug-likeness (QED) is 0.470. The molecule has 132 valence electrons. The van der Waals surface area contributed by atoms with E-state index in [4.69, 9.17) is 4.99 Å². The van der Waals surface area contributed by atoms with E-state index in [1.165, 1.54) is 38.5 Å². The van der Waals surface area contributed by atoms with Crippen molar-refractivity contribution < 1.29 is 9.59 Å². The topological polar surface area (TPSA) is 49.7 Å². The highest BCUT2D eigenvalue weighted by molar-refractivity contribution is 8.14. The maximum absolute atomic E-state index is 12.3. The van der Waals surface area contributed by atoms with E-state index >= 15 is 0 Å². The van der Waals surface area contributed by atoms with Crippen LogP contribution in [0.2, 0.25) is 0 Å². The summed E-state index contributed by atoms with van der Waals surface area (Å²) in [4.78, 5) is 30.6. The molecule has 0 saturated heterocycles. The average molecular weight is 356 g/mol. The van der Waals surface area contributed by atoms with Gasteiger partial charge in [-0.1, -0.05) is 61.7 Å². The van der Waals surface area contributed by atoms with Crippen LogP contribution in [0.1, 0.15) is 55.7 Å². The Morgan fingerprint density at radius 2 is 1.92 bits per heavy atom. The Morgan fingerprint density at radius 1 is 1.16 bits per heavy atom. The summed E-state index contributed by atoms with van der Waals surface area (Å²) < 4.78 is 0. The predicted octanol–water partition coefficient (Wildman–Crippen LogP) is 3.75. The van der Waals surface area contributed by atoms with Crippen LogP contribution in [0.5, 0.6) is 0 Å². The van der Waals surface area contributed by atoms with Gasteiger partial charge in [-0.15, -0.1) is 0 Å². The van der Waals surface area contributed by atoms with Gasteiger partial charge in [-0.3, -0.25) is 14.6 Å². The number of aldehydes is 1. The van der Waals surface area contributed by atoms with Crippen LogP contribution in [-0.4, -0.2) is 33.9 Å². The fourth-order valence-electron chi connectivity index (χ4n) is 4.41. The second-order valence-electron chi connectivity index (χ2n) is 7.29. The van der Waals surface area contributed by atoms with E-state index in [-0.39, 0.29) is 5.78 Å². The molecule has 4 nitrogen and oxygen atoms in total. The molecule has 1 aliphatic carbocycles. The first-order valence-electron chi connectivity index (χ1n) is 9.32. The molecular formula is C20H24N2O2S. The summed E-state index contributed by atoms with van der Waals surface area (Å²) in [5.74, 6) is 1.32. The molecule has 1 aromatic rings. The number of nitrogens with zero attached hydrogens (tertiary/aromatic N) is 2. The summed E-state index contributed by atoms with van der Waals surface area (Å²) in [6, 6.07) is 7.81. The minimum absolute atomic E-state index is 0.369. The Labute approximate surface area is 153 Å². The van der Waals surface area contributed by atoms with Gasteiger partial charge in [0.25, 0.3) is 0 Å². The van der Waals surface area contributed by atoms with Crippen molar-refractivity contribution in [2.45, 2.75) is 57.2 Å². The fourth-order valence-corrected chi connectivity index (χ4v) is 5.62. The molecule has 1 saturated carbocycles. The first-order chi connectivity index (χ1) is 12.3. The van der Waals surface area contributed by atoms with Crippen LogP contribution in [0.25, 0.3) is 0 Å². The van der Waals surface area contributed by atoms with Gasteiger partial charge in [0, 0.05) is 12.3 Å². The third kappa shape index (κ3) is 3.26. The molecule has 25 heavy (non-hydrogen) atoms. The Kier molecular flexibility index (Phi) is 4.93. The Hall–Kier alpha value is -1.62. The van der Waals surface area contributed by atoms with Crippen molar-refractivity contribution in [3.8, 4) is 0 Å². The van der Waals surface area contributed by atoms with Crippen LogP contribution < -0.4 is 0 Å². The number of Topliss-reactive ketones (excluding diaryl/α,β-unsaturated/α-hetero) is 1. The lowest BCUT2D eigenvalue weighted by Gasteiger charge is -2.24. The molecule has 1 aromatic carbocycles. The number of fused-ring (bicyclic) bond motifs is 1. The smallest absolute Gasteiger partial charge is 0.222 e. The molecule has 4 rings (SSSR count). The first-order valence-corrected chi connectivity index (χ1v) is 10.3. The second-order valence-corrected chi connectivity index (χ2v) is 8.28. The van der Waals surface area contributed by atoms with Gasteiger partial charge in [-0.2, -0.15) is 0 Å². The standard InChI is InChI=1S/C20H24N2O2S/c23-12-18(24)19-16-10-6-5-9-15(16)11-22(19)20-21-17(13-25-20)14-7-3-1-2-4-8-14/h5-6,9-10,12,14,17,19H,1-4,7-8,11,13H2. The minimum Gasteiger partial charge on any atom is -0.332 e. The highest BCUT2D eigenvalue weighted by atomic mass is 32.2. The fraction of sp³-hybridized carbons (Fsp3) is 0.550. The van der Waals surface area contributed by atoms with Crippen molar-refractivity contribution in [1.29, 1.82) is 0 Å². The molecular weight excluding hydrogens is 332 g/mol. The summed E-state index contributed by atoms with van der Waals surface area (Å²) in [6.45, 7) is 0.670. The van der Waals surface area contributed by atoms with E-state index in [1.54, 1.807) is 11.8 Å². The molecule has 2 unspecified atom stereocenters. The monoisotopic (exact) mass is 356 g/mol. The Morgan fingerprint density at radius 3 is 2.68 bits per heavy atom. The third-order valence-electron chi connectivity index (χ3n) is 5.74. The lowest BCUT2D eigenvalue weighted by molar-refractivity contribution is -0.132. The maximum atomic E-state index is 12.3. The highest BCUT2D eigenvalue weighted by Crippen LogP contribution is 2.40. The molecule has 0 amide bonds. The highest BCUT2D eigenvalue weighted by Gasteiger charge is 2.39. The lowest BCUT2D eigenvalue weighted by atomic mass is 9.93. The van der Waals surface area contributed by atoms with Crippen molar-refractivity contribution in [1.82, 2.24) is 4.90 Å². The summed E-state index contributed by atoms with van der Waals surface area (Å²) in [5.41, 5.74) is 2.09. The van der Waals surface area contributed by atoms with Gasteiger partial charge in [0.15, 0.2) is 11.5 Å². The van der Waals surface area contributed by atoms with Crippen molar-refractivity contribution >= 4 is 29.0 Å². The van der Waals surface area contributed by atoms with Gasteiger partial charge in [-0.05, 0) is 29.9 Å². The van der Waals surface area contributed by atoms with Gasteiger partial charge in [-0.25, -0.2) is 0 Å². The summed E-state index contributed by atoms with van der Waals surface area (Å²) in [6.07, 6.45) is 8.35. The van der Waals surface area contributed by atoms with Crippen LogP contribution in [0.4, 0.5) is 0 Å². The van der Waals surface area contributed by atoms with Gasteiger partial charge < -0.3 is 4.90 Å². The van der Waals surface area contributed by atoms with Crippen molar-refractivity contribution in [2.24, 2.45) is 10.9 Å². The number of thioether (sulfide) groups is 1. The van der Waals surface area contributed by atoms with E-state index in [0.29, 0.717) is 24.8 Å². The molecule has 1 fully saturated rings. The van der Waals surface area contributed by atoms with Gasteiger partial charge in [0.05, 0.1) is 6.04 Å². The largest absolute Gasteiger partial charge is 0.332 e. The Balaban J connectivity index is 1.57. The maximum Gasteiger partial charge on any atom is 0.222 e. The molecule has 3 aliphatic rings. The zero-order valence-corrected chi connectivity index (χ0v) is 15.2. The molecule has 2 atom stereocenters. The third-order valence-corrected chi connectivity index (χ3v) is 6.84. The molecule has 0 N–H and O–H groups in total. The number of aliphatic imine (C=N–C) groups is 1. The van der Waals surface area contributed by atoms with E-state index in [2.05, 4.69) is 0 Å². The number of rotatable bonds is 3. The van der Waals surface area contributed by atoms with E-state index < -0.39 is 6.04 Å². The van der Waals surface area contributed by atoms with Gasteiger partial charge >= 0.3 is 0 Å². The number of benzene rings is 1. The van der Waals surface area contributed by atoms with E-state index in [1.807, 2.05) is 29.2 Å². The molecule has 0 bridgehead atoms. The number of amidine groups is 1. The number of hydrogen-bond acceptors (Lipinski definition) is 5. The van der Waals surface area contributed by atoms with Crippen LogP contribution in [0.3, 0.4) is 0 Å². The molecule has 0 radical (unpaired) electrons. The number of ketones is 1. The summed E-state index contributed by atoms with van der Waals surface area (Å²) in [7, 11) is 0. The molecule has 2 heterocycles. The summed E-state index contributed by atoms with van der Waals surface area (Å²) >= 11 is 1.76. The van der Waals surface area contributed by atoms with E-state index in [0.717, 1.165) is 22.0 Å². The van der Waals surface area contributed by atoms with Crippen molar-refractivity contribution in [3.05, 3.63) is 35.4 Å². The Bertz CT molecular complexity index is 695. The zero-order valence-electron chi connectivity index (χ0n) is 14.4. The second kappa shape index (κ2) is 7.32. The molecule has 0 spiro atoms. The molecule has 2 aliphatic heterocycles. The molecule has 5 heteroatoms. The van der Waals surface area contributed by atoms with Crippen LogP contribution in [-0.2, 0) is 16.1 Å². The van der Waals surface area contributed by atoms with Crippen molar-refractivity contribution in [2.75, 3.05) is 5.75 Å². The van der Waals surface area contributed by atoms with Crippen molar-refractivity contribution in [3.63, 3.8) is 0 Å². The van der Waals surface area contributed by atoms with Crippen LogP contribution in [0, 0.1) is 5.92 Å². The van der Waals surface area contributed by atoms with Crippen LogP contribution >= 0.6 is 11.8 Å². The van der Waals surface area contributed by atoms with Gasteiger partial charge in [0.2, 0.25) is 5.78 Å². The van der Waals surface area contributed by atoms with Crippen LogP contribution in [0.15, 0.2) is 29.3 Å². The number of carbonyl (C=O) groups excluding carboxylic acids is 2. The summed E-state index contributed by atoms with van der Waals surface area (Å²) in [5, 5.41) is 0.950. The molecule has 0 aromatic heterocycles.